The van der Waals surface area contributed by atoms with Gasteiger partial charge in [0.25, 0.3) is 0 Å². The first kappa shape index (κ1) is 22.2. The largest absolute Gasteiger partial charge is 0.508 e. The molecule has 2 aliphatic rings. The Morgan fingerprint density at radius 2 is 1.00 bits per heavy atom. The lowest BCUT2D eigenvalue weighted by Crippen LogP contribution is -2.49. The number of fused-ring (bicyclic) bond motifs is 1. The number of phenols is 1. The summed E-state index contributed by atoms with van der Waals surface area (Å²) in [5.41, 5.74) is 3.07. The van der Waals surface area contributed by atoms with Gasteiger partial charge in [0.1, 0.15) is 16.9 Å². The number of benzene rings is 4. The molecule has 4 aromatic carbocycles. The van der Waals surface area contributed by atoms with Crippen LogP contribution in [0, 0.1) is 5.41 Å². The first-order valence-electron chi connectivity index (χ1n) is 12.1. The van der Waals surface area contributed by atoms with E-state index in [9.17, 15) is 19.5 Å². The number of carbonyl (C=O) groups excluding carboxylic acids is 3. The van der Waals surface area contributed by atoms with Crippen LogP contribution in [-0.2, 0) is 4.79 Å². The van der Waals surface area contributed by atoms with Crippen LogP contribution in [0.5, 0.6) is 5.75 Å². The molecule has 1 fully saturated rings. The lowest BCUT2D eigenvalue weighted by atomic mass is 9.54. The van der Waals surface area contributed by atoms with Crippen LogP contribution in [0.4, 0.5) is 0 Å². The number of rotatable bonds is 3. The van der Waals surface area contributed by atoms with Crippen molar-refractivity contribution >= 4 is 17.3 Å². The van der Waals surface area contributed by atoms with Crippen molar-refractivity contribution in [3.63, 3.8) is 0 Å². The smallest absolute Gasteiger partial charge is 0.178 e. The standard InChI is InChI=1S/C32H24O4/c33-24-16-14-21(15-17-24)20-10-12-23(13-11-20)29-19-25(34)18-28(22-6-2-1-3-7-22)32(29)30(35)26-8-4-5-9-27(26)31(32)36/h1-17,28-29,33H,18-19H2/t28-,29+/m0/s1. The quantitative estimate of drug-likeness (QED) is 0.353. The second-order valence-electron chi connectivity index (χ2n) is 9.70. The third-order valence-electron chi connectivity index (χ3n) is 7.85. The highest BCUT2D eigenvalue weighted by Crippen LogP contribution is 2.60. The van der Waals surface area contributed by atoms with E-state index in [0.717, 1.165) is 22.3 Å². The van der Waals surface area contributed by atoms with E-state index in [1.54, 1.807) is 36.4 Å². The molecule has 0 aliphatic heterocycles. The van der Waals surface area contributed by atoms with Crippen molar-refractivity contribution in [2.75, 3.05) is 0 Å². The summed E-state index contributed by atoms with van der Waals surface area (Å²) in [7, 11) is 0. The average Bonchev–Trinajstić information content (AvgIpc) is 3.14. The molecule has 2 aliphatic carbocycles. The molecule has 0 unspecified atom stereocenters. The molecule has 0 amide bonds. The summed E-state index contributed by atoms with van der Waals surface area (Å²) in [6.45, 7) is 0. The second-order valence-corrected chi connectivity index (χ2v) is 9.70. The molecule has 1 N–H and O–H groups in total. The van der Waals surface area contributed by atoms with Gasteiger partial charge in [0.05, 0.1) is 0 Å². The Hall–Kier alpha value is -4.31. The maximum Gasteiger partial charge on any atom is 0.178 e. The summed E-state index contributed by atoms with van der Waals surface area (Å²) in [6.07, 6.45) is 0.310. The fourth-order valence-corrected chi connectivity index (χ4v) is 6.17. The van der Waals surface area contributed by atoms with Crippen LogP contribution in [0.3, 0.4) is 0 Å². The molecule has 1 saturated carbocycles. The molecule has 2 atom stereocenters. The predicted octanol–water partition coefficient (Wildman–Crippen LogP) is 6.36. The normalized spacial score (nSPS) is 20.5. The van der Waals surface area contributed by atoms with Crippen molar-refractivity contribution in [3.05, 3.63) is 125 Å². The van der Waals surface area contributed by atoms with Crippen molar-refractivity contribution < 1.29 is 19.5 Å². The van der Waals surface area contributed by atoms with Gasteiger partial charge in [-0.15, -0.1) is 0 Å². The SMILES string of the molecule is O=C1C[C@H](c2ccc(-c3ccc(O)cc3)cc2)C2(C(=O)c3ccccc3C2=O)[C@H](c2ccccc2)C1. The molecule has 0 heterocycles. The van der Waals surface area contributed by atoms with Crippen molar-refractivity contribution in [2.45, 2.75) is 24.7 Å². The highest BCUT2D eigenvalue weighted by atomic mass is 16.3. The summed E-state index contributed by atoms with van der Waals surface area (Å²) in [4.78, 5) is 41.6. The van der Waals surface area contributed by atoms with Crippen LogP contribution in [0.1, 0.15) is 56.5 Å². The summed E-state index contributed by atoms with van der Waals surface area (Å²) in [6, 6.07) is 31.2. The Kier molecular flexibility index (Phi) is 5.18. The molecule has 176 valence electrons. The van der Waals surface area contributed by atoms with E-state index in [0.29, 0.717) is 11.1 Å². The third kappa shape index (κ3) is 3.25. The van der Waals surface area contributed by atoms with E-state index in [4.69, 9.17) is 0 Å². The average molecular weight is 473 g/mol. The lowest BCUT2D eigenvalue weighted by molar-refractivity contribution is -0.122. The molecular formula is C32H24O4. The van der Waals surface area contributed by atoms with Gasteiger partial charge in [-0.05, 0) is 34.4 Å². The minimum atomic E-state index is -1.36. The number of ketones is 3. The van der Waals surface area contributed by atoms with E-state index in [1.807, 2.05) is 66.7 Å². The number of hydrogen-bond donors (Lipinski definition) is 1. The molecule has 4 heteroatoms. The monoisotopic (exact) mass is 472 g/mol. The third-order valence-corrected chi connectivity index (χ3v) is 7.85. The second kappa shape index (κ2) is 8.42. The number of carbonyl (C=O) groups is 3. The Morgan fingerprint density at radius 3 is 1.53 bits per heavy atom. The molecule has 0 saturated heterocycles. The van der Waals surface area contributed by atoms with E-state index in [-0.39, 0.29) is 35.9 Å². The molecule has 4 nitrogen and oxygen atoms in total. The topological polar surface area (TPSA) is 71.4 Å². The van der Waals surface area contributed by atoms with E-state index >= 15 is 0 Å². The Bertz CT molecular complexity index is 1450. The van der Waals surface area contributed by atoms with Crippen LogP contribution < -0.4 is 0 Å². The molecule has 36 heavy (non-hydrogen) atoms. The van der Waals surface area contributed by atoms with Gasteiger partial charge in [0.15, 0.2) is 11.6 Å². The van der Waals surface area contributed by atoms with Crippen LogP contribution >= 0.6 is 0 Å². The van der Waals surface area contributed by atoms with Gasteiger partial charge in [-0.1, -0.05) is 91.0 Å². The molecular weight excluding hydrogens is 448 g/mol. The first-order valence-corrected chi connectivity index (χ1v) is 12.1. The van der Waals surface area contributed by atoms with Gasteiger partial charge < -0.3 is 5.11 Å². The minimum Gasteiger partial charge on any atom is -0.508 e. The summed E-state index contributed by atoms with van der Waals surface area (Å²) < 4.78 is 0. The van der Waals surface area contributed by atoms with Crippen LogP contribution in [0.2, 0.25) is 0 Å². The van der Waals surface area contributed by atoms with E-state index in [2.05, 4.69) is 0 Å². The van der Waals surface area contributed by atoms with Crippen molar-refractivity contribution in [1.29, 1.82) is 0 Å². The Labute approximate surface area is 209 Å². The fourth-order valence-electron chi connectivity index (χ4n) is 6.17. The summed E-state index contributed by atoms with van der Waals surface area (Å²) in [5, 5.41) is 9.61. The van der Waals surface area contributed by atoms with Gasteiger partial charge in [-0.2, -0.15) is 0 Å². The summed E-state index contributed by atoms with van der Waals surface area (Å²) in [5.74, 6) is -1.21. The molecule has 6 rings (SSSR count). The van der Waals surface area contributed by atoms with E-state index in [1.165, 1.54) is 0 Å². The fraction of sp³-hybridized carbons (Fsp3) is 0.156. The van der Waals surface area contributed by atoms with Crippen LogP contribution in [0.25, 0.3) is 11.1 Å². The number of Topliss-reactive ketones (excluding diaryl/α,β-unsaturated/α-hetero) is 3. The van der Waals surface area contributed by atoms with Gasteiger partial charge >= 0.3 is 0 Å². The number of hydrogen-bond acceptors (Lipinski definition) is 4. The Balaban J connectivity index is 1.51. The predicted molar refractivity (Wildman–Crippen MR) is 137 cm³/mol. The molecule has 0 aromatic heterocycles. The van der Waals surface area contributed by atoms with Crippen molar-refractivity contribution in [3.8, 4) is 16.9 Å². The first-order chi connectivity index (χ1) is 17.5. The maximum absolute atomic E-state index is 14.2. The van der Waals surface area contributed by atoms with Crippen molar-refractivity contribution in [2.24, 2.45) is 5.41 Å². The number of phenolic OH excluding ortho intramolecular Hbond substituents is 1. The molecule has 1 spiro atoms. The zero-order valence-corrected chi connectivity index (χ0v) is 19.6. The highest BCUT2D eigenvalue weighted by molar-refractivity contribution is 6.31. The van der Waals surface area contributed by atoms with E-state index < -0.39 is 17.3 Å². The highest BCUT2D eigenvalue weighted by Gasteiger charge is 2.64. The zero-order valence-electron chi connectivity index (χ0n) is 19.6. The minimum absolute atomic E-state index is 0.0543. The van der Waals surface area contributed by atoms with Crippen molar-refractivity contribution in [1.82, 2.24) is 0 Å². The molecule has 0 radical (unpaired) electrons. The molecule has 0 bridgehead atoms. The van der Waals surface area contributed by atoms with Gasteiger partial charge in [0.2, 0.25) is 0 Å². The zero-order chi connectivity index (χ0) is 24.9. The van der Waals surface area contributed by atoms with Gasteiger partial charge in [-0.25, -0.2) is 0 Å². The Morgan fingerprint density at radius 1 is 0.556 bits per heavy atom. The molecule has 4 aromatic rings. The van der Waals surface area contributed by atoms with Gasteiger partial charge in [0, 0.05) is 35.8 Å². The van der Waals surface area contributed by atoms with Crippen LogP contribution in [-0.4, -0.2) is 22.5 Å². The lowest BCUT2D eigenvalue weighted by Gasteiger charge is -2.44. The number of aromatic hydroxyl groups is 1. The van der Waals surface area contributed by atoms with Crippen LogP contribution in [0.15, 0.2) is 103 Å². The summed E-state index contributed by atoms with van der Waals surface area (Å²) >= 11 is 0. The maximum atomic E-state index is 14.2. The van der Waals surface area contributed by atoms with Gasteiger partial charge in [-0.3, -0.25) is 14.4 Å².